The average Bonchev–Trinajstić information content (AvgIpc) is 2.92. The Labute approximate surface area is 111 Å². The van der Waals surface area contributed by atoms with E-state index in [1.807, 2.05) is 19.2 Å². The molecule has 2 aromatic heterocycles. The van der Waals surface area contributed by atoms with E-state index in [1.165, 1.54) is 0 Å². The maximum atomic E-state index is 11.1. The van der Waals surface area contributed by atoms with E-state index in [2.05, 4.69) is 20.3 Å². The van der Waals surface area contributed by atoms with Crippen LogP contribution in [0.2, 0.25) is 0 Å². The maximum Gasteiger partial charge on any atom is 0.217 e. The summed E-state index contributed by atoms with van der Waals surface area (Å²) in [6.07, 6.45) is 4.67. The summed E-state index contributed by atoms with van der Waals surface area (Å²) in [7, 11) is 0. The van der Waals surface area contributed by atoms with E-state index in [9.17, 15) is 4.79 Å². The summed E-state index contributed by atoms with van der Waals surface area (Å²) in [6.45, 7) is 5.27. The number of fused-ring (bicyclic) bond motifs is 1. The smallest absolute Gasteiger partial charge is 0.217 e. The predicted octanol–water partition coefficient (Wildman–Crippen LogP) is 0.753. The Balaban J connectivity index is 1.87. The molecule has 3 rings (SSSR count). The molecule has 1 unspecified atom stereocenters. The molecule has 1 fully saturated rings. The van der Waals surface area contributed by atoms with Crippen LogP contribution in [0, 0.1) is 6.92 Å². The Morgan fingerprint density at radius 3 is 3.16 bits per heavy atom. The quantitative estimate of drug-likeness (QED) is 0.864. The lowest BCUT2D eigenvalue weighted by Crippen LogP contribution is -2.35. The van der Waals surface area contributed by atoms with E-state index in [1.54, 1.807) is 17.6 Å². The van der Waals surface area contributed by atoms with Gasteiger partial charge in [0.05, 0.1) is 23.8 Å². The summed E-state index contributed by atoms with van der Waals surface area (Å²) >= 11 is 0. The first-order valence-electron chi connectivity index (χ1n) is 6.46. The third-order valence-electron chi connectivity index (χ3n) is 3.40. The molecule has 1 aliphatic heterocycles. The van der Waals surface area contributed by atoms with Gasteiger partial charge in [-0.2, -0.15) is 5.10 Å². The van der Waals surface area contributed by atoms with Crippen molar-refractivity contribution in [2.75, 3.05) is 18.0 Å². The molecule has 0 aliphatic carbocycles. The zero-order chi connectivity index (χ0) is 13.4. The molecule has 2 aromatic rings. The van der Waals surface area contributed by atoms with E-state index in [-0.39, 0.29) is 11.9 Å². The number of amides is 1. The molecule has 3 heterocycles. The van der Waals surface area contributed by atoms with Crippen LogP contribution in [0.15, 0.2) is 18.5 Å². The summed E-state index contributed by atoms with van der Waals surface area (Å²) in [5.41, 5.74) is 2.91. The minimum absolute atomic E-state index is 0.0309. The molecule has 6 heteroatoms. The van der Waals surface area contributed by atoms with Crippen LogP contribution >= 0.6 is 0 Å². The number of imidazole rings is 1. The summed E-state index contributed by atoms with van der Waals surface area (Å²) < 4.78 is 1.80. The van der Waals surface area contributed by atoms with E-state index < -0.39 is 0 Å². The highest BCUT2D eigenvalue weighted by molar-refractivity contribution is 5.74. The minimum Gasteiger partial charge on any atom is -0.366 e. The SMILES string of the molecule is CC(=O)NC1CCN(c2ccnn3cc(C)nc23)C1. The van der Waals surface area contributed by atoms with Crippen molar-refractivity contribution in [2.24, 2.45) is 0 Å². The fourth-order valence-electron chi connectivity index (χ4n) is 2.63. The molecule has 0 saturated carbocycles. The molecule has 0 radical (unpaired) electrons. The topological polar surface area (TPSA) is 62.5 Å². The molecular weight excluding hydrogens is 242 g/mol. The Morgan fingerprint density at radius 1 is 1.53 bits per heavy atom. The van der Waals surface area contributed by atoms with Gasteiger partial charge < -0.3 is 10.2 Å². The average molecular weight is 259 g/mol. The van der Waals surface area contributed by atoms with Gasteiger partial charge in [-0.25, -0.2) is 9.50 Å². The van der Waals surface area contributed by atoms with Gasteiger partial charge in [0, 0.05) is 26.1 Å². The molecule has 1 N–H and O–H groups in total. The predicted molar refractivity (Wildman–Crippen MR) is 72.2 cm³/mol. The zero-order valence-corrected chi connectivity index (χ0v) is 11.1. The van der Waals surface area contributed by atoms with Gasteiger partial charge in [0.15, 0.2) is 5.65 Å². The van der Waals surface area contributed by atoms with E-state index in [0.717, 1.165) is 36.5 Å². The van der Waals surface area contributed by atoms with Gasteiger partial charge in [0.2, 0.25) is 5.91 Å². The van der Waals surface area contributed by atoms with Crippen molar-refractivity contribution in [3.8, 4) is 0 Å². The second kappa shape index (κ2) is 4.53. The standard InChI is InChI=1S/C13H17N5O/c1-9-7-18-13(15-9)12(3-5-14-18)17-6-4-11(8-17)16-10(2)19/h3,5,7,11H,4,6,8H2,1-2H3,(H,16,19). The van der Waals surface area contributed by atoms with Gasteiger partial charge in [-0.1, -0.05) is 0 Å². The van der Waals surface area contributed by atoms with Crippen molar-refractivity contribution in [3.63, 3.8) is 0 Å². The number of rotatable bonds is 2. The van der Waals surface area contributed by atoms with Crippen molar-refractivity contribution in [1.82, 2.24) is 19.9 Å². The number of aryl methyl sites for hydroxylation is 1. The van der Waals surface area contributed by atoms with E-state index >= 15 is 0 Å². The Morgan fingerprint density at radius 2 is 2.37 bits per heavy atom. The van der Waals surface area contributed by atoms with Crippen molar-refractivity contribution in [2.45, 2.75) is 26.3 Å². The van der Waals surface area contributed by atoms with Crippen LogP contribution in [0.1, 0.15) is 19.0 Å². The van der Waals surface area contributed by atoms with Crippen LogP contribution in [0.3, 0.4) is 0 Å². The largest absolute Gasteiger partial charge is 0.366 e. The van der Waals surface area contributed by atoms with Crippen LogP contribution in [0.25, 0.3) is 5.65 Å². The molecule has 6 nitrogen and oxygen atoms in total. The van der Waals surface area contributed by atoms with Crippen LogP contribution in [0.4, 0.5) is 5.69 Å². The number of carbonyl (C=O) groups excluding carboxylic acids is 1. The first kappa shape index (κ1) is 12.0. The summed E-state index contributed by atoms with van der Waals surface area (Å²) in [4.78, 5) is 17.9. The zero-order valence-electron chi connectivity index (χ0n) is 11.1. The molecular formula is C13H17N5O. The Hall–Kier alpha value is -2.11. The fourth-order valence-corrected chi connectivity index (χ4v) is 2.63. The van der Waals surface area contributed by atoms with Crippen molar-refractivity contribution < 1.29 is 4.79 Å². The van der Waals surface area contributed by atoms with Gasteiger partial charge in [-0.05, 0) is 19.4 Å². The maximum absolute atomic E-state index is 11.1. The summed E-state index contributed by atoms with van der Waals surface area (Å²) in [6, 6.07) is 2.21. The third kappa shape index (κ3) is 2.25. The van der Waals surface area contributed by atoms with Crippen molar-refractivity contribution >= 4 is 17.2 Å². The van der Waals surface area contributed by atoms with Gasteiger partial charge in [0.25, 0.3) is 0 Å². The number of nitrogens with zero attached hydrogens (tertiary/aromatic N) is 4. The first-order chi connectivity index (χ1) is 9.13. The van der Waals surface area contributed by atoms with E-state index in [4.69, 9.17) is 0 Å². The molecule has 1 amide bonds. The number of hydrogen-bond donors (Lipinski definition) is 1. The molecule has 1 saturated heterocycles. The molecule has 19 heavy (non-hydrogen) atoms. The van der Waals surface area contributed by atoms with Gasteiger partial charge in [-0.3, -0.25) is 4.79 Å². The van der Waals surface area contributed by atoms with Crippen molar-refractivity contribution in [1.29, 1.82) is 0 Å². The Bertz CT molecular complexity index is 621. The number of nitrogens with one attached hydrogen (secondary N) is 1. The highest BCUT2D eigenvalue weighted by atomic mass is 16.1. The second-order valence-corrected chi connectivity index (χ2v) is 5.00. The molecule has 0 spiro atoms. The van der Waals surface area contributed by atoms with Gasteiger partial charge in [-0.15, -0.1) is 0 Å². The third-order valence-corrected chi connectivity index (χ3v) is 3.40. The molecule has 1 aliphatic rings. The van der Waals surface area contributed by atoms with Crippen molar-refractivity contribution in [3.05, 3.63) is 24.2 Å². The number of anilines is 1. The van der Waals surface area contributed by atoms with Crippen LogP contribution in [-0.4, -0.2) is 39.6 Å². The van der Waals surface area contributed by atoms with Gasteiger partial charge >= 0.3 is 0 Å². The van der Waals surface area contributed by atoms with Crippen LogP contribution < -0.4 is 10.2 Å². The summed E-state index contributed by atoms with van der Waals surface area (Å²) in [5.74, 6) is 0.0309. The lowest BCUT2D eigenvalue weighted by atomic mass is 10.2. The second-order valence-electron chi connectivity index (χ2n) is 5.00. The molecule has 0 bridgehead atoms. The van der Waals surface area contributed by atoms with Crippen LogP contribution in [-0.2, 0) is 4.79 Å². The molecule has 1 atom stereocenters. The van der Waals surface area contributed by atoms with Gasteiger partial charge in [0.1, 0.15) is 0 Å². The Kier molecular flexibility index (Phi) is 2.85. The number of aromatic nitrogens is 3. The normalized spacial score (nSPS) is 19.1. The lowest BCUT2D eigenvalue weighted by molar-refractivity contribution is -0.119. The summed E-state index contributed by atoms with van der Waals surface area (Å²) in [5, 5.41) is 7.23. The minimum atomic E-state index is 0.0309. The first-order valence-corrected chi connectivity index (χ1v) is 6.46. The monoisotopic (exact) mass is 259 g/mol. The fraction of sp³-hybridized carbons (Fsp3) is 0.462. The van der Waals surface area contributed by atoms with E-state index in [0.29, 0.717) is 0 Å². The molecule has 0 aromatic carbocycles. The highest BCUT2D eigenvalue weighted by Gasteiger charge is 2.25. The lowest BCUT2D eigenvalue weighted by Gasteiger charge is -2.19. The molecule has 100 valence electrons. The van der Waals surface area contributed by atoms with Crippen LogP contribution in [0.5, 0.6) is 0 Å². The number of carbonyl (C=O) groups is 1. The highest BCUT2D eigenvalue weighted by Crippen LogP contribution is 2.24. The number of hydrogen-bond acceptors (Lipinski definition) is 4.